The number of hydrogen-bond acceptors (Lipinski definition) is 4. The highest BCUT2D eigenvalue weighted by molar-refractivity contribution is 6.22. The minimum absolute atomic E-state index is 0.100. The lowest BCUT2D eigenvalue weighted by Crippen LogP contribution is -2.40. The van der Waals surface area contributed by atoms with Crippen molar-refractivity contribution >= 4 is 23.5 Å². The molecule has 3 aromatic rings. The lowest BCUT2D eigenvalue weighted by atomic mass is 9.63. The number of para-hydroxylation sites is 1. The van der Waals surface area contributed by atoms with E-state index in [1.165, 1.54) is 4.90 Å². The van der Waals surface area contributed by atoms with E-state index in [0.717, 1.165) is 17.5 Å². The highest BCUT2D eigenvalue weighted by atomic mass is 16.5. The van der Waals surface area contributed by atoms with E-state index in [2.05, 4.69) is 12.2 Å². The Morgan fingerprint density at radius 3 is 2.00 bits per heavy atom. The Balaban J connectivity index is 1.12. The van der Waals surface area contributed by atoms with Crippen LogP contribution in [0.25, 0.3) is 11.1 Å². The molecule has 6 atom stereocenters. The molecule has 2 saturated carbocycles. The van der Waals surface area contributed by atoms with Gasteiger partial charge in [0.15, 0.2) is 0 Å². The Morgan fingerprint density at radius 2 is 1.34 bits per heavy atom. The van der Waals surface area contributed by atoms with Crippen LogP contribution in [0, 0.1) is 35.5 Å². The maximum absolute atomic E-state index is 13.3. The lowest BCUT2D eigenvalue weighted by molar-refractivity contribution is -0.124. The molecule has 1 aliphatic heterocycles. The van der Waals surface area contributed by atoms with Gasteiger partial charge in [0.25, 0.3) is 0 Å². The van der Waals surface area contributed by atoms with Crippen molar-refractivity contribution in [3.05, 3.63) is 96.6 Å². The number of rotatable bonds is 4. The van der Waals surface area contributed by atoms with Gasteiger partial charge < -0.3 is 4.74 Å². The van der Waals surface area contributed by atoms with Crippen LogP contribution in [-0.2, 0) is 9.59 Å². The molecule has 3 aromatic carbocycles. The first kappa shape index (κ1) is 20.4. The average molecular weight is 462 g/mol. The second kappa shape index (κ2) is 7.51. The summed E-state index contributed by atoms with van der Waals surface area (Å²) in [5.74, 6) is 0.830. The zero-order chi connectivity index (χ0) is 23.7. The molecule has 1 heterocycles. The van der Waals surface area contributed by atoms with Crippen molar-refractivity contribution in [2.75, 3.05) is 4.90 Å². The minimum atomic E-state index is -0.491. The van der Waals surface area contributed by atoms with Gasteiger partial charge in [-0.1, -0.05) is 60.7 Å². The summed E-state index contributed by atoms with van der Waals surface area (Å²) in [4.78, 5) is 40.9. The van der Waals surface area contributed by atoms with Crippen molar-refractivity contribution in [2.45, 2.75) is 6.42 Å². The highest BCUT2D eigenvalue weighted by Crippen LogP contribution is 2.65. The van der Waals surface area contributed by atoms with Crippen LogP contribution in [0.2, 0.25) is 0 Å². The Hall–Kier alpha value is -3.99. The predicted octanol–water partition coefficient (Wildman–Crippen LogP) is 5.13. The molecule has 2 amide bonds. The molecule has 1 saturated heterocycles. The zero-order valence-corrected chi connectivity index (χ0v) is 18.9. The molecular formula is C30H23NO4. The molecular weight excluding hydrogens is 438 g/mol. The minimum Gasteiger partial charge on any atom is -0.422 e. The molecule has 5 heteroatoms. The van der Waals surface area contributed by atoms with Gasteiger partial charge in [0.2, 0.25) is 11.8 Å². The van der Waals surface area contributed by atoms with E-state index in [0.29, 0.717) is 28.8 Å². The van der Waals surface area contributed by atoms with E-state index >= 15 is 0 Å². The van der Waals surface area contributed by atoms with Gasteiger partial charge in [-0.05, 0) is 66.0 Å². The maximum atomic E-state index is 13.3. The highest BCUT2D eigenvalue weighted by Gasteiger charge is 2.67. The monoisotopic (exact) mass is 461 g/mol. The summed E-state index contributed by atoms with van der Waals surface area (Å²) in [6.45, 7) is 0. The summed E-state index contributed by atoms with van der Waals surface area (Å²) < 4.78 is 5.73. The number of nitrogens with zero attached hydrogens (tertiary/aromatic N) is 1. The van der Waals surface area contributed by atoms with E-state index in [-0.39, 0.29) is 35.5 Å². The smallest absolute Gasteiger partial charge is 0.343 e. The quantitative estimate of drug-likeness (QED) is 0.234. The van der Waals surface area contributed by atoms with E-state index in [9.17, 15) is 14.4 Å². The van der Waals surface area contributed by atoms with Crippen LogP contribution < -0.4 is 9.64 Å². The summed E-state index contributed by atoms with van der Waals surface area (Å²) in [6.07, 6.45) is 5.47. The van der Waals surface area contributed by atoms with Gasteiger partial charge in [-0.25, -0.2) is 4.79 Å². The number of imide groups is 1. The van der Waals surface area contributed by atoms with E-state index in [1.54, 1.807) is 30.3 Å². The second-order valence-corrected chi connectivity index (χ2v) is 9.97. The fourth-order valence-corrected chi connectivity index (χ4v) is 6.53. The number of hydrogen-bond donors (Lipinski definition) is 0. The Bertz CT molecular complexity index is 1360. The van der Waals surface area contributed by atoms with Gasteiger partial charge in [-0.15, -0.1) is 0 Å². The van der Waals surface area contributed by atoms with Gasteiger partial charge >= 0.3 is 5.97 Å². The molecule has 8 rings (SSSR count). The molecule has 2 bridgehead atoms. The third-order valence-electron chi connectivity index (χ3n) is 8.20. The Kier molecular flexibility index (Phi) is 4.37. The Labute approximate surface area is 203 Å². The van der Waals surface area contributed by atoms with Gasteiger partial charge in [0.05, 0.1) is 23.1 Å². The van der Waals surface area contributed by atoms with Crippen molar-refractivity contribution in [1.29, 1.82) is 0 Å². The fourth-order valence-electron chi connectivity index (χ4n) is 6.53. The third kappa shape index (κ3) is 3.04. The topological polar surface area (TPSA) is 63.7 Å². The fraction of sp³-hybridized carbons (Fsp3) is 0.233. The van der Waals surface area contributed by atoms with Gasteiger partial charge in [0, 0.05) is 5.56 Å². The zero-order valence-electron chi connectivity index (χ0n) is 18.9. The number of esters is 1. The van der Waals surface area contributed by atoms with Crippen LogP contribution in [0.3, 0.4) is 0 Å². The van der Waals surface area contributed by atoms with Crippen molar-refractivity contribution in [1.82, 2.24) is 0 Å². The molecule has 3 fully saturated rings. The van der Waals surface area contributed by atoms with Crippen LogP contribution in [0.5, 0.6) is 5.75 Å². The first-order valence-electron chi connectivity index (χ1n) is 12.1. The number of allylic oxidation sites excluding steroid dienone is 2. The first-order valence-corrected chi connectivity index (χ1v) is 12.1. The molecule has 0 radical (unpaired) electrons. The van der Waals surface area contributed by atoms with E-state index in [4.69, 9.17) is 4.74 Å². The van der Waals surface area contributed by atoms with Crippen molar-refractivity contribution in [3.8, 4) is 16.9 Å². The number of carbonyl (C=O) groups excluding carboxylic acids is 3. The molecule has 5 aliphatic rings. The molecule has 0 unspecified atom stereocenters. The second-order valence-electron chi connectivity index (χ2n) is 9.97. The molecule has 0 aromatic heterocycles. The van der Waals surface area contributed by atoms with Crippen LogP contribution in [0.4, 0.5) is 5.69 Å². The number of benzene rings is 3. The molecule has 0 N–H and O–H groups in total. The standard InChI is InChI=1S/C30H23NO4/c32-28-26-21-14-15-22(24-16-23(21)24)27(26)29(33)31(28)19-12-10-18(11-13-19)30(34)35-25-9-5-4-8-20(25)17-6-2-1-3-7-17/h1-15,21-24,26-27H,16H2/t21-,22-,23-,24-,26+,27+/m0/s1. The van der Waals surface area contributed by atoms with Gasteiger partial charge in [-0.2, -0.15) is 0 Å². The van der Waals surface area contributed by atoms with Crippen molar-refractivity contribution < 1.29 is 19.1 Å². The van der Waals surface area contributed by atoms with E-state index < -0.39 is 5.97 Å². The summed E-state index contributed by atoms with van der Waals surface area (Å²) in [5.41, 5.74) is 2.66. The lowest BCUT2D eigenvalue weighted by Gasteiger charge is -2.37. The number of amides is 2. The number of anilines is 1. The molecule has 0 spiro atoms. The van der Waals surface area contributed by atoms with Crippen LogP contribution in [-0.4, -0.2) is 17.8 Å². The molecule has 4 aliphatic carbocycles. The third-order valence-corrected chi connectivity index (χ3v) is 8.20. The van der Waals surface area contributed by atoms with Crippen LogP contribution in [0.1, 0.15) is 16.8 Å². The van der Waals surface area contributed by atoms with Crippen molar-refractivity contribution in [2.24, 2.45) is 35.5 Å². The largest absolute Gasteiger partial charge is 0.422 e. The van der Waals surface area contributed by atoms with Gasteiger partial charge in [-0.3, -0.25) is 14.5 Å². The van der Waals surface area contributed by atoms with Gasteiger partial charge in [0.1, 0.15) is 5.75 Å². The summed E-state index contributed by atoms with van der Waals surface area (Å²) in [6, 6.07) is 23.7. The molecule has 172 valence electrons. The normalized spacial score (nSPS) is 29.7. The summed E-state index contributed by atoms with van der Waals surface area (Å²) in [5, 5.41) is 0. The van der Waals surface area contributed by atoms with Crippen molar-refractivity contribution in [3.63, 3.8) is 0 Å². The maximum Gasteiger partial charge on any atom is 0.343 e. The summed E-state index contributed by atoms with van der Waals surface area (Å²) in [7, 11) is 0. The Morgan fingerprint density at radius 1 is 0.743 bits per heavy atom. The number of ether oxygens (including phenoxy) is 1. The SMILES string of the molecule is O=C(Oc1ccccc1-c1ccccc1)c1ccc(N2C(=O)[C@@H]3[C@H]4C=C[C@@H]([C@@H]5C[C@@H]45)[C@H]3C2=O)cc1. The molecule has 5 nitrogen and oxygen atoms in total. The molecule has 35 heavy (non-hydrogen) atoms. The summed E-state index contributed by atoms with van der Waals surface area (Å²) >= 11 is 0. The van der Waals surface area contributed by atoms with E-state index in [1.807, 2.05) is 48.5 Å². The van der Waals surface area contributed by atoms with Crippen LogP contribution in [0.15, 0.2) is 91.0 Å². The number of carbonyl (C=O) groups is 3. The predicted molar refractivity (Wildman–Crippen MR) is 130 cm³/mol. The first-order chi connectivity index (χ1) is 17.1. The average Bonchev–Trinajstić information content (AvgIpc) is 3.68. The van der Waals surface area contributed by atoms with Crippen LogP contribution >= 0.6 is 0 Å².